The predicted octanol–water partition coefficient (Wildman–Crippen LogP) is 2.72. The van der Waals surface area contributed by atoms with Gasteiger partial charge in [-0.05, 0) is 36.8 Å². The highest BCUT2D eigenvalue weighted by Crippen LogP contribution is 2.23. The maximum absolute atomic E-state index is 13.3. The van der Waals surface area contributed by atoms with Crippen LogP contribution in [0.15, 0.2) is 48.5 Å². The molecule has 0 saturated carbocycles. The summed E-state index contributed by atoms with van der Waals surface area (Å²) in [4.78, 5) is 29.5. The molecule has 2 amide bonds. The van der Waals surface area contributed by atoms with E-state index in [-0.39, 0.29) is 30.8 Å². The first kappa shape index (κ1) is 25.0. The molecule has 0 aromatic heterocycles. The highest BCUT2D eigenvalue weighted by molar-refractivity contribution is 6.32. The zero-order valence-electron chi connectivity index (χ0n) is 18.6. The maximum atomic E-state index is 13.3. The van der Waals surface area contributed by atoms with Gasteiger partial charge < -0.3 is 19.7 Å². The average molecular weight is 478 g/mol. The van der Waals surface area contributed by atoms with E-state index in [2.05, 4.69) is 10.2 Å². The van der Waals surface area contributed by atoms with E-state index in [4.69, 9.17) is 21.1 Å². The lowest BCUT2D eigenvalue weighted by Gasteiger charge is -2.30. The summed E-state index contributed by atoms with van der Waals surface area (Å²) in [5.74, 6) is -0.629. The topological polar surface area (TPSA) is 71.1 Å². The minimum Gasteiger partial charge on any atom is -0.482 e. The van der Waals surface area contributed by atoms with Gasteiger partial charge in [0.1, 0.15) is 17.6 Å². The Morgan fingerprint density at radius 3 is 2.58 bits per heavy atom. The zero-order valence-corrected chi connectivity index (χ0v) is 19.4. The summed E-state index contributed by atoms with van der Waals surface area (Å²) >= 11 is 6.10. The fourth-order valence-electron chi connectivity index (χ4n) is 3.46. The van der Waals surface area contributed by atoms with E-state index in [9.17, 15) is 14.0 Å². The van der Waals surface area contributed by atoms with Crippen molar-refractivity contribution in [2.45, 2.75) is 19.5 Å². The Morgan fingerprint density at radius 2 is 1.88 bits per heavy atom. The molecule has 178 valence electrons. The van der Waals surface area contributed by atoms with Gasteiger partial charge in [0, 0.05) is 32.7 Å². The summed E-state index contributed by atoms with van der Waals surface area (Å²) in [5, 5.41) is 3.30. The number of rotatable bonds is 10. The molecule has 0 spiro atoms. The van der Waals surface area contributed by atoms with Crippen LogP contribution < -0.4 is 10.1 Å². The summed E-state index contributed by atoms with van der Waals surface area (Å²) in [6, 6.07) is 11.9. The Morgan fingerprint density at radius 1 is 1.18 bits per heavy atom. The van der Waals surface area contributed by atoms with Crippen LogP contribution in [0.3, 0.4) is 0 Å². The van der Waals surface area contributed by atoms with Crippen molar-refractivity contribution in [3.8, 4) is 5.75 Å². The van der Waals surface area contributed by atoms with Crippen LogP contribution in [0.5, 0.6) is 5.75 Å². The molecule has 0 radical (unpaired) electrons. The van der Waals surface area contributed by atoms with E-state index in [0.717, 1.165) is 13.1 Å². The van der Waals surface area contributed by atoms with E-state index in [1.54, 1.807) is 43.3 Å². The van der Waals surface area contributed by atoms with Crippen molar-refractivity contribution in [1.29, 1.82) is 0 Å². The number of hydrogen-bond acceptors (Lipinski definition) is 5. The number of benzene rings is 2. The number of morpholine rings is 1. The summed E-state index contributed by atoms with van der Waals surface area (Å²) in [6.45, 7) is 5.76. The second kappa shape index (κ2) is 12.5. The lowest BCUT2D eigenvalue weighted by atomic mass is 10.1. The molecule has 1 N–H and O–H groups in total. The monoisotopic (exact) mass is 477 g/mol. The maximum Gasteiger partial charge on any atom is 0.261 e. The number of ether oxygens (including phenoxy) is 2. The van der Waals surface area contributed by atoms with Gasteiger partial charge in [0.15, 0.2) is 6.61 Å². The quantitative estimate of drug-likeness (QED) is 0.569. The third-order valence-corrected chi connectivity index (χ3v) is 5.76. The zero-order chi connectivity index (χ0) is 23.6. The van der Waals surface area contributed by atoms with Crippen molar-refractivity contribution in [1.82, 2.24) is 15.1 Å². The molecule has 0 bridgehead atoms. The Kier molecular flexibility index (Phi) is 9.47. The normalized spacial score (nSPS) is 15.0. The Hall–Kier alpha value is -2.68. The highest BCUT2D eigenvalue weighted by Gasteiger charge is 2.26. The molecule has 1 aliphatic rings. The van der Waals surface area contributed by atoms with E-state index in [1.807, 2.05) is 0 Å². The molecule has 0 aliphatic carbocycles. The van der Waals surface area contributed by atoms with Gasteiger partial charge in [-0.2, -0.15) is 0 Å². The van der Waals surface area contributed by atoms with Gasteiger partial charge in [0.25, 0.3) is 5.91 Å². The summed E-state index contributed by atoms with van der Waals surface area (Å²) in [7, 11) is 0. The molecule has 7 nitrogen and oxygen atoms in total. The van der Waals surface area contributed by atoms with Gasteiger partial charge in [-0.25, -0.2) is 4.39 Å². The van der Waals surface area contributed by atoms with Crippen LogP contribution in [0, 0.1) is 5.82 Å². The Bertz CT molecular complexity index is 922. The first-order valence-electron chi connectivity index (χ1n) is 10.9. The number of carbonyl (C=O) groups is 2. The first-order valence-corrected chi connectivity index (χ1v) is 11.3. The minimum absolute atomic E-state index is 0.142. The van der Waals surface area contributed by atoms with Crippen molar-refractivity contribution < 1.29 is 23.5 Å². The van der Waals surface area contributed by atoms with Crippen molar-refractivity contribution in [2.75, 3.05) is 46.0 Å². The number of nitrogens with one attached hydrogen (secondary N) is 1. The van der Waals surface area contributed by atoms with Gasteiger partial charge in [-0.15, -0.1) is 0 Å². The van der Waals surface area contributed by atoms with Crippen molar-refractivity contribution >= 4 is 23.4 Å². The highest BCUT2D eigenvalue weighted by atomic mass is 35.5. The van der Waals surface area contributed by atoms with Crippen LogP contribution in [0.1, 0.15) is 12.5 Å². The van der Waals surface area contributed by atoms with Crippen LogP contribution in [-0.2, 0) is 20.9 Å². The van der Waals surface area contributed by atoms with E-state index >= 15 is 0 Å². The molecule has 33 heavy (non-hydrogen) atoms. The van der Waals surface area contributed by atoms with E-state index in [0.29, 0.717) is 42.6 Å². The Labute approximate surface area is 198 Å². The molecule has 2 aromatic carbocycles. The molecule has 0 unspecified atom stereocenters. The summed E-state index contributed by atoms with van der Waals surface area (Å²) in [6.07, 6.45) is 0. The third kappa shape index (κ3) is 7.70. The van der Waals surface area contributed by atoms with E-state index < -0.39 is 6.04 Å². The van der Waals surface area contributed by atoms with Crippen LogP contribution in [0.25, 0.3) is 0 Å². The third-order valence-electron chi connectivity index (χ3n) is 5.45. The number of para-hydroxylation sites is 1. The van der Waals surface area contributed by atoms with Gasteiger partial charge in [-0.3, -0.25) is 14.5 Å². The van der Waals surface area contributed by atoms with Crippen LogP contribution in [0.4, 0.5) is 4.39 Å². The lowest BCUT2D eigenvalue weighted by Crippen LogP contribution is -2.50. The Balaban J connectivity index is 1.62. The molecular formula is C24H29ClFN3O4. The smallest absolute Gasteiger partial charge is 0.261 e. The molecule has 1 atom stereocenters. The fraction of sp³-hybridized carbons (Fsp3) is 0.417. The molecule has 3 rings (SSSR count). The first-order chi connectivity index (χ1) is 15.9. The number of nitrogens with zero attached hydrogens (tertiary/aromatic N) is 2. The van der Waals surface area contributed by atoms with Crippen LogP contribution in [-0.4, -0.2) is 73.7 Å². The SMILES string of the molecule is C[C@H](C(=O)NCCN1CCOCC1)N(Cc1ccc(F)cc1)C(=O)COc1ccccc1Cl. The van der Waals surface area contributed by atoms with Crippen LogP contribution in [0.2, 0.25) is 5.02 Å². The van der Waals surface area contributed by atoms with Crippen molar-refractivity contribution in [3.63, 3.8) is 0 Å². The lowest BCUT2D eigenvalue weighted by molar-refractivity contribution is -0.142. The number of carbonyl (C=O) groups excluding carboxylic acids is 2. The summed E-state index contributed by atoms with van der Waals surface area (Å²) in [5.41, 5.74) is 0.704. The average Bonchev–Trinajstić information content (AvgIpc) is 2.83. The standard InChI is InChI=1S/C24H29ClFN3O4/c1-18(24(31)27-10-11-28-12-14-32-15-13-28)29(16-19-6-8-20(26)9-7-19)23(30)17-33-22-5-3-2-4-21(22)25/h2-9,18H,10-17H2,1H3,(H,27,31)/t18-/m1/s1. The number of amides is 2. The second-order valence-corrected chi connectivity index (χ2v) is 8.20. The molecule has 9 heteroatoms. The molecule has 1 aliphatic heterocycles. The minimum atomic E-state index is -0.748. The molecule has 1 heterocycles. The predicted molar refractivity (Wildman–Crippen MR) is 124 cm³/mol. The summed E-state index contributed by atoms with van der Waals surface area (Å²) < 4.78 is 24.2. The molecule has 2 aromatic rings. The fourth-order valence-corrected chi connectivity index (χ4v) is 3.65. The van der Waals surface area contributed by atoms with Gasteiger partial charge >= 0.3 is 0 Å². The molecular weight excluding hydrogens is 449 g/mol. The number of halogens is 2. The largest absolute Gasteiger partial charge is 0.482 e. The van der Waals surface area contributed by atoms with E-state index in [1.165, 1.54) is 17.0 Å². The second-order valence-electron chi connectivity index (χ2n) is 7.79. The van der Waals surface area contributed by atoms with Gasteiger partial charge in [-0.1, -0.05) is 35.9 Å². The van der Waals surface area contributed by atoms with Crippen molar-refractivity contribution in [2.24, 2.45) is 0 Å². The molecule has 1 fully saturated rings. The molecule has 1 saturated heterocycles. The van der Waals surface area contributed by atoms with Gasteiger partial charge in [0.2, 0.25) is 5.91 Å². The van der Waals surface area contributed by atoms with Crippen molar-refractivity contribution in [3.05, 3.63) is 64.9 Å². The van der Waals surface area contributed by atoms with Crippen LogP contribution >= 0.6 is 11.6 Å². The number of hydrogen-bond donors (Lipinski definition) is 1. The van der Waals surface area contributed by atoms with Gasteiger partial charge in [0.05, 0.1) is 18.2 Å².